The van der Waals surface area contributed by atoms with Gasteiger partial charge in [0.1, 0.15) is 5.60 Å². The number of carbonyl (C=O) groups is 1. The number of carbonyl (C=O) groups excluding carboxylic acids is 1. The Labute approximate surface area is 99.5 Å². The molecule has 0 unspecified atom stereocenters. The predicted octanol–water partition coefficient (Wildman–Crippen LogP) is 3.31. The SMILES string of the molecule is CCCC(=O)OC(C)(C)CCOC(C)(C)C. The smallest absolute Gasteiger partial charge is 0.306 e. The molecule has 3 nitrogen and oxygen atoms in total. The molecule has 0 aromatic rings. The maximum absolute atomic E-state index is 11.4. The van der Waals surface area contributed by atoms with Gasteiger partial charge in [0.25, 0.3) is 0 Å². The fraction of sp³-hybridized carbons (Fsp3) is 0.923. The van der Waals surface area contributed by atoms with Crippen molar-refractivity contribution in [1.82, 2.24) is 0 Å². The second-order valence-electron chi connectivity index (χ2n) is 5.69. The van der Waals surface area contributed by atoms with Crippen molar-refractivity contribution in [2.45, 2.75) is 72.0 Å². The zero-order valence-electron chi connectivity index (χ0n) is 11.6. The highest BCUT2D eigenvalue weighted by atomic mass is 16.6. The molecule has 0 saturated carbocycles. The molecule has 0 rings (SSSR count). The van der Waals surface area contributed by atoms with Crippen molar-refractivity contribution in [3.8, 4) is 0 Å². The predicted molar refractivity (Wildman–Crippen MR) is 65.4 cm³/mol. The quantitative estimate of drug-likeness (QED) is 0.657. The fourth-order valence-corrected chi connectivity index (χ4v) is 1.22. The average Bonchev–Trinajstić information content (AvgIpc) is 1.99. The highest BCUT2D eigenvalue weighted by molar-refractivity contribution is 5.69. The zero-order chi connectivity index (χ0) is 12.8. The Morgan fingerprint density at radius 2 is 1.69 bits per heavy atom. The highest BCUT2D eigenvalue weighted by Gasteiger charge is 2.23. The minimum Gasteiger partial charge on any atom is -0.460 e. The van der Waals surface area contributed by atoms with Crippen LogP contribution >= 0.6 is 0 Å². The first-order valence-electron chi connectivity index (χ1n) is 6.02. The number of esters is 1. The van der Waals surface area contributed by atoms with Gasteiger partial charge in [0.2, 0.25) is 0 Å². The van der Waals surface area contributed by atoms with Crippen molar-refractivity contribution in [3.63, 3.8) is 0 Å². The third-order valence-electron chi connectivity index (χ3n) is 2.08. The van der Waals surface area contributed by atoms with Gasteiger partial charge in [-0.1, -0.05) is 6.92 Å². The minimum atomic E-state index is -0.433. The van der Waals surface area contributed by atoms with Crippen molar-refractivity contribution in [3.05, 3.63) is 0 Å². The number of rotatable bonds is 6. The maximum atomic E-state index is 11.4. The van der Waals surface area contributed by atoms with Crippen molar-refractivity contribution >= 4 is 5.97 Å². The van der Waals surface area contributed by atoms with Crippen LogP contribution in [0.5, 0.6) is 0 Å². The largest absolute Gasteiger partial charge is 0.460 e. The van der Waals surface area contributed by atoms with Crippen LogP contribution in [0.4, 0.5) is 0 Å². The number of ether oxygens (including phenoxy) is 2. The lowest BCUT2D eigenvalue weighted by atomic mass is 10.1. The van der Waals surface area contributed by atoms with Crippen LogP contribution in [0, 0.1) is 0 Å². The van der Waals surface area contributed by atoms with Gasteiger partial charge in [-0.25, -0.2) is 0 Å². The van der Waals surface area contributed by atoms with E-state index in [0.29, 0.717) is 13.0 Å². The second-order valence-corrected chi connectivity index (χ2v) is 5.69. The molecule has 0 atom stereocenters. The van der Waals surface area contributed by atoms with Crippen LogP contribution in [0.1, 0.15) is 60.8 Å². The van der Waals surface area contributed by atoms with E-state index in [9.17, 15) is 4.79 Å². The fourth-order valence-electron chi connectivity index (χ4n) is 1.22. The molecule has 0 N–H and O–H groups in total. The Balaban J connectivity index is 3.91. The molecule has 0 radical (unpaired) electrons. The first kappa shape index (κ1) is 15.4. The van der Waals surface area contributed by atoms with Crippen LogP contribution in [0.2, 0.25) is 0 Å². The van der Waals surface area contributed by atoms with Gasteiger partial charge in [0.05, 0.1) is 12.2 Å². The monoisotopic (exact) mass is 230 g/mol. The Morgan fingerprint density at radius 3 is 2.12 bits per heavy atom. The molecule has 0 aromatic heterocycles. The van der Waals surface area contributed by atoms with E-state index in [-0.39, 0.29) is 11.6 Å². The minimum absolute atomic E-state index is 0.122. The molecule has 16 heavy (non-hydrogen) atoms. The third kappa shape index (κ3) is 8.72. The van der Waals surface area contributed by atoms with Crippen LogP contribution in [-0.4, -0.2) is 23.8 Å². The van der Waals surface area contributed by atoms with E-state index in [1.807, 2.05) is 41.5 Å². The lowest BCUT2D eigenvalue weighted by Gasteiger charge is -2.27. The lowest BCUT2D eigenvalue weighted by molar-refractivity contribution is -0.158. The zero-order valence-corrected chi connectivity index (χ0v) is 11.6. The molecule has 96 valence electrons. The standard InChI is InChI=1S/C13H26O3/c1-7-8-11(14)16-13(5,6)9-10-15-12(2,3)4/h7-10H2,1-6H3. The van der Waals surface area contributed by atoms with Gasteiger partial charge >= 0.3 is 5.97 Å². The van der Waals surface area contributed by atoms with Crippen molar-refractivity contribution in [2.75, 3.05) is 6.61 Å². The van der Waals surface area contributed by atoms with Crippen molar-refractivity contribution in [1.29, 1.82) is 0 Å². The normalized spacial score (nSPS) is 12.6. The van der Waals surface area contributed by atoms with Crippen molar-refractivity contribution < 1.29 is 14.3 Å². The van der Waals surface area contributed by atoms with Gasteiger partial charge in [-0.2, -0.15) is 0 Å². The topological polar surface area (TPSA) is 35.5 Å². The molecule has 0 fully saturated rings. The van der Waals surface area contributed by atoms with Gasteiger partial charge in [-0.05, 0) is 41.0 Å². The summed E-state index contributed by atoms with van der Waals surface area (Å²) in [6.07, 6.45) is 2.04. The molecule has 0 bridgehead atoms. The van der Waals surface area contributed by atoms with Gasteiger partial charge in [-0.15, -0.1) is 0 Å². The molecule has 3 heteroatoms. The molecule has 0 aliphatic carbocycles. The van der Waals surface area contributed by atoms with E-state index in [4.69, 9.17) is 9.47 Å². The second kappa shape index (κ2) is 6.24. The summed E-state index contributed by atoms with van der Waals surface area (Å²) in [5, 5.41) is 0. The molecule has 0 aliphatic rings. The first-order valence-corrected chi connectivity index (χ1v) is 6.02. The Kier molecular flexibility index (Phi) is 6.01. The van der Waals surface area contributed by atoms with Gasteiger partial charge in [0, 0.05) is 12.8 Å². The average molecular weight is 230 g/mol. The van der Waals surface area contributed by atoms with Gasteiger partial charge in [0.15, 0.2) is 0 Å². The van der Waals surface area contributed by atoms with Crippen LogP contribution in [0.3, 0.4) is 0 Å². The van der Waals surface area contributed by atoms with E-state index < -0.39 is 5.60 Å². The summed E-state index contributed by atoms with van der Waals surface area (Å²) >= 11 is 0. The number of hydrogen-bond acceptors (Lipinski definition) is 3. The molecule has 0 saturated heterocycles. The molecular weight excluding hydrogens is 204 g/mol. The summed E-state index contributed by atoms with van der Waals surface area (Å²) in [5.74, 6) is -0.122. The van der Waals surface area contributed by atoms with E-state index >= 15 is 0 Å². The van der Waals surface area contributed by atoms with Gasteiger partial charge < -0.3 is 9.47 Å². The number of hydrogen-bond donors (Lipinski definition) is 0. The van der Waals surface area contributed by atoms with E-state index in [2.05, 4.69) is 0 Å². The van der Waals surface area contributed by atoms with Crippen LogP contribution < -0.4 is 0 Å². The molecule has 0 heterocycles. The summed E-state index contributed by atoms with van der Waals surface area (Å²) in [6.45, 7) is 12.5. The van der Waals surface area contributed by atoms with Crippen LogP contribution in [0.15, 0.2) is 0 Å². The molecule has 0 aliphatic heterocycles. The maximum Gasteiger partial charge on any atom is 0.306 e. The molecule has 0 amide bonds. The summed E-state index contributed by atoms with van der Waals surface area (Å²) in [7, 11) is 0. The van der Waals surface area contributed by atoms with Crippen LogP contribution in [-0.2, 0) is 14.3 Å². The highest BCUT2D eigenvalue weighted by Crippen LogP contribution is 2.18. The molecule has 0 aromatic carbocycles. The molecular formula is C13H26O3. The van der Waals surface area contributed by atoms with Gasteiger partial charge in [-0.3, -0.25) is 4.79 Å². The van der Waals surface area contributed by atoms with Crippen LogP contribution in [0.25, 0.3) is 0 Å². The Hall–Kier alpha value is -0.570. The lowest BCUT2D eigenvalue weighted by Crippen LogP contribution is -2.31. The summed E-state index contributed by atoms with van der Waals surface area (Å²) in [6, 6.07) is 0. The summed E-state index contributed by atoms with van der Waals surface area (Å²) < 4.78 is 11.0. The van der Waals surface area contributed by atoms with Crippen molar-refractivity contribution in [2.24, 2.45) is 0 Å². The van der Waals surface area contributed by atoms with E-state index in [1.54, 1.807) is 0 Å². The third-order valence-corrected chi connectivity index (χ3v) is 2.08. The Morgan fingerprint density at radius 1 is 1.12 bits per heavy atom. The first-order chi connectivity index (χ1) is 7.16. The van der Waals surface area contributed by atoms with E-state index in [1.165, 1.54) is 0 Å². The van der Waals surface area contributed by atoms with E-state index in [0.717, 1.165) is 12.8 Å². The molecule has 0 spiro atoms. The Bertz CT molecular complexity index is 214. The summed E-state index contributed by atoms with van der Waals surface area (Å²) in [4.78, 5) is 11.4. The summed E-state index contributed by atoms with van der Waals surface area (Å²) in [5.41, 5.74) is -0.568.